The summed E-state index contributed by atoms with van der Waals surface area (Å²) in [5.41, 5.74) is -5.23. The van der Waals surface area contributed by atoms with Gasteiger partial charge in [-0.05, 0) is 30.6 Å². The first-order chi connectivity index (χ1) is 8.50. The van der Waals surface area contributed by atoms with Gasteiger partial charge in [-0.3, -0.25) is 0 Å². The monoisotopic (exact) mass is 315 g/mol. The number of alkyl halides is 3. The van der Waals surface area contributed by atoms with Gasteiger partial charge in [0.1, 0.15) is 0 Å². The standard InChI is InChI=1S/C11H16F3NO2S2/c1-9(2)7-3-4-10(9)6-19(16,17)15(8(10)5-7)18-11(12,13)14/h7-8H,3-6H2,1-2H3/t7-,8-,10-/m1/s1. The molecule has 2 bridgehead atoms. The van der Waals surface area contributed by atoms with Gasteiger partial charge >= 0.3 is 5.51 Å². The fourth-order valence-corrected chi connectivity index (χ4v) is 8.12. The van der Waals surface area contributed by atoms with Crippen molar-refractivity contribution in [3.63, 3.8) is 0 Å². The van der Waals surface area contributed by atoms with Crippen LogP contribution < -0.4 is 0 Å². The Bertz CT molecular complexity index is 517. The van der Waals surface area contributed by atoms with E-state index in [4.69, 9.17) is 0 Å². The van der Waals surface area contributed by atoms with E-state index in [1.54, 1.807) is 0 Å². The normalized spacial score (nSPS) is 43.6. The summed E-state index contributed by atoms with van der Waals surface area (Å²) in [6.45, 7) is 4.03. The minimum Gasteiger partial charge on any atom is -0.211 e. The van der Waals surface area contributed by atoms with Gasteiger partial charge in [0.15, 0.2) is 0 Å². The van der Waals surface area contributed by atoms with Crippen molar-refractivity contribution in [2.24, 2.45) is 16.7 Å². The van der Waals surface area contributed by atoms with Gasteiger partial charge in [-0.2, -0.15) is 13.2 Å². The van der Waals surface area contributed by atoms with Crippen LogP contribution in [0.5, 0.6) is 0 Å². The zero-order valence-corrected chi connectivity index (χ0v) is 12.3. The molecule has 110 valence electrons. The first-order valence-electron chi connectivity index (χ1n) is 6.28. The summed E-state index contributed by atoms with van der Waals surface area (Å²) in [7, 11) is -3.82. The number of halogens is 3. The molecule has 0 radical (unpaired) electrons. The predicted octanol–water partition coefficient (Wildman–Crippen LogP) is 2.99. The third-order valence-electron chi connectivity index (χ3n) is 5.55. The molecule has 3 aliphatic rings. The minimum absolute atomic E-state index is 0.128. The molecule has 3 fully saturated rings. The van der Waals surface area contributed by atoms with Crippen molar-refractivity contribution in [1.29, 1.82) is 0 Å². The first-order valence-corrected chi connectivity index (χ1v) is 8.66. The van der Waals surface area contributed by atoms with Crippen molar-refractivity contribution < 1.29 is 21.6 Å². The predicted molar refractivity (Wildman–Crippen MR) is 66.6 cm³/mol. The maximum atomic E-state index is 12.6. The van der Waals surface area contributed by atoms with Crippen LogP contribution in [0.4, 0.5) is 13.2 Å². The molecule has 1 saturated heterocycles. The Kier molecular flexibility index (Phi) is 2.67. The lowest BCUT2D eigenvalue weighted by molar-refractivity contribution is -0.0360. The van der Waals surface area contributed by atoms with E-state index in [1.807, 2.05) is 13.8 Å². The molecule has 19 heavy (non-hydrogen) atoms. The van der Waals surface area contributed by atoms with Crippen molar-refractivity contribution in [3.8, 4) is 0 Å². The minimum atomic E-state index is -4.55. The van der Waals surface area contributed by atoms with E-state index in [1.165, 1.54) is 0 Å². The van der Waals surface area contributed by atoms with Gasteiger partial charge in [-0.1, -0.05) is 13.8 Å². The molecule has 2 aliphatic carbocycles. The third kappa shape index (κ3) is 1.72. The van der Waals surface area contributed by atoms with Crippen LogP contribution in [0.2, 0.25) is 0 Å². The van der Waals surface area contributed by atoms with E-state index in [-0.39, 0.29) is 11.2 Å². The molecule has 2 saturated carbocycles. The van der Waals surface area contributed by atoms with Crippen LogP contribution in [0.1, 0.15) is 33.1 Å². The molecule has 0 amide bonds. The molecule has 0 N–H and O–H groups in total. The van der Waals surface area contributed by atoms with Crippen LogP contribution in [0, 0.1) is 16.7 Å². The zero-order chi connectivity index (χ0) is 14.3. The van der Waals surface area contributed by atoms with E-state index >= 15 is 0 Å². The number of fused-ring (bicyclic) bond motifs is 1. The zero-order valence-electron chi connectivity index (χ0n) is 10.7. The van der Waals surface area contributed by atoms with Crippen LogP contribution in [0.3, 0.4) is 0 Å². The summed E-state index contributed by atoms with van der Waals surface area (Å²) < 4.78 is 62.7. The smallest absolute Gasteiger partial charge is 0.211 e. The summed E-state index contributed by atoms with van der Waals surface area (Å²) in [5.74, 6) is 0.210. The van der Waals surface area contributed by atoms with E-state index in [0.29, 0.717) is 16.0 Å². The van der Waals surface area contributed by atoms with Crippen molar-refractivity contribution >= 4 is 22.0 Å². The fourth-order valence-electron chi connectivity index (χ4n) is 4.47. The summed E-state index contributed by atoms with van der Waals surface area (Å²) >= 11 is -0.472. The second-order valence-corrected chi connectivity index (χ2v) is 9.53. The third-order valence-corrected chi connectivity index (χ3v) is 8.78. The van der Waals surface area contributed by atoms with Gasteiger partial charge in [0.2, 0.25) is 10.0 Å². The van der Waals surface area contributed by atoms with E-state index in [0.717, 1.165) is 12.8 Å². The Hall–Kier alpha value is 0.0500. The number of hydrogen-bond acceptors (Lipinski definition) is 3. The van der Waals surface area contributed by atoms with Gasteiger partial charge in [-0.25, -0.2) is 8.42 Å². The average molecular weight is 315 g/mol. The molecule has 0 aromatic heterocycles. The molecule has 0 unspecified atom stereocenters. The Morgan fingerprint density at radius 2 is 1.95 bits per heavy atom. The lowest BCUT2D eigenvalue weighted by Gasteiger charge is -2.37. The SMILES string of the molecule is CC1(C)[C@@H]2CC[C@]13CS(=O)(=O)N(SC(F)(F)F)[C@@H]3C2. The van der Waals surface area contributed by atoms with Crippen LogP contribution >= 0.6 is 11.9 Å². The molecule has 3 rings (SSSR count). The molecule has 8 heteroatoms. The van der Waals surface area contributed by atoms with Crippen LogP contribution in [0.25, 0.3) is 0 Å². The number of sulfonamides is 1. The molecular weight excluding hydrogens is 299 g/mol. The summed E-state index contributed by atoms with van der Waals surface area (Å²) in [6.07, 6.45) is 2.22. The average Bonchev–Trinajstić information content (AvgIpc) is 2.66. The van der Waals surface area contributed by atoms with Gasteiger partial charge in [0, 0.05) is 23.4 Å². The Labute approximate surface area is 115 Å². The van der Waals surface area contributed by atoms with Gasteiger partial charge in [0.25, 0.3) is 0 Å². The van der Waals surface area contributed by atoms with Gasteiger partial charge in [-0.15, -0.1) is 3.71 Å². The summed E-state index contributed by atoms with van der Waals surface area (Å²) in [4.78, 5) is 0. The maximum absolute atomic E-state index is 12.6. The Morgan fingerprint density at radius 3 is 2.47 bits per heavy atom. The molecule has 1 spiro atoms. The largest absolute Gasteiger partial charge is 0.457 e. The highest BCUT2D eigenvalue weighted by atomic mass is 32.3. The van der Waals surface area contributed by atoms with Crippen molar-refractivity contribution in [3.05, 3.63) is 0 Å². The quantitative estimate of drug-likeness (QED) is 0.698. The van der Waals surface area contributed by atoms with Crippen LogP contribution in [0.15, 0.2) is 0 Å². The second-order valence-electron chi connectivity index (χ2n) is 6.41. The van der Waals surface area contributed by atoms with Gasteiger partial charge < -0.3 is 0 Å². The first kappa shape index (κ1) is 14.0. The Balaban J connectivity index is 2.02. The lowest BCUT2D eigenvalue weighted by Crippen LogP contribution is -2.40. The highest BCUT2D eigenvalue weighted by Gasteiger charge is 2.72. The highest BCUT2D eigenvalue weighted by molar-refractivity contribution is 8.09. The topological polar surface area (TPSA) is 37.4 Å². The van der Waals surface area contributed by atoms with Crippen molar-refractivity contribution in [2.75, 3.05) is 5.75 Å². The van der Waals surface area contributed by atoms with Crippen LogP contribution in [-0.2, 0) is 10.0 Å². The molecule has 1 heterocycles. The van der Waals surface area contributed by atoms with E-state index in [2.05, 4.69) is 0 Å². The highest BCUT2D eigenvalue weighted by Crippen LogP contribution is 2.71. The molecule has 0 aromatic carbocycles. The summed E-state index contributed by atoms with van der Waals surface area (Å²) in [5, 5.41) is 0. The molecule has 3 nitrogen and oxygen atoms in total. The van der Waals surface area contributed by atoms with E-state index < -0.39 is 38.9 Å². The Morgan fingerprint density at radius 1 is 1.32 bits per heavy atom. The number of nitrogens with zero attached hydrogens (tertiary/aromatic N) is 1. The van der Waals surface area contributed by atoms with E-state index in [9.17, 15) is 21.6 Å². The lowest BCUT2D eigenvalue weighted by atomic mass is 9.69. The molecule has 1 aliphatic heterocycles. The molecule has 3 atom stereocenters. The number of rotatable bonds is 1. The van der Waals surface area contributed by atoms with Crippen molar-refractivity contribution in [1.82, 2.24) is 3.71 Å². The second kappa shape index (κ2) is 3.62. The molecular formula is C11H16F3NO2S2. The van der Waals surface area contributed by atoms with Crippen molar-refractivity contribution in [2.45, 2.75) is 44.7 Å². The maximum Gasteiger partial charge on any atom is 0.457 e. The molecule has 0 aromatic rings. The van der Waals surface area contributed by atoms with Gasteiger partial charge in [0.05, 0.1) is 5.75 Å². The summed E-state index contributed by atoms with van der Waals surface area (Å²) in [6, 6.07) is -0.488. The number of hydrogen-bond donors (Lipinski definition) is 0. The fraction of sp³-hybridized carbons (Fsp3) is 1.00. The van der Waals surface area contributed by atoms with Crippen LogP contribution in [-0.4, -0.2) is 29.4 Å².